The summed E-state index contributed by atoms with van der Waals surface area (Å²) in [6.45, 7) is 1.13. The molecule has 1 atom stereocenters. The van der Waals surface area contributed by atoms with Gasteiger partial charge in [-0.25, -0.2) is 0 Å². The van der Waals surface area contributed by atoms with Crippen molar-refractivity contribution in [2.24, 2.45) is 0 Å². The van der Waals surface area contributed by atoms with Crippen LogP contribution in [0.3, 0.4) is 0 Å². The summed E-state index contributed by atoms with van der Waals surface area (Å²) in [7, 11) is 0. The van der Waals surface area contributed by atoms with Gasteiger partial charge in [-0.15, -0.1) is 0 Å². The number of carbonyl (C=O) groups is 1. The number of rotatable bonds is 1. The molecule has 7 heteroatoms. The first kappa shape index (κ1) is 9.50. The third-order valence-corrected chi connectivity index (χ3v) is 0.636. The SMILES string of the molecule is CC(O)C(=O)[O-].c1nn[nH][nH+]1. The number of aromatic nitrogens is 4. The van der Waals surface area contributed by atoms with Gasteiger partial charge in [0.15, 0.2) is 5.21 Å². The summed E-state index contributed by atoms with van der Waals surface area (Å²) in [5, 5.41) is 28.8. The second kappa shape index (κ2) is 5.30. The largest absolute Gasteiger partial charge is 0.547 e. The highest BCUT2D eigenvalue weighted by molar-refractivity contribution is 5.68. The van der Waals surface area contributed by atoms with Crippen LogP contribution in [-0.2, 0) is 4.79 Å². The van der Waals surface area contributed by atoms with Crippen LogP contribution in [0.4, 0.5) is 0 Å². The monoisotopic (exact) mass is 160 g/mol. The number of hydrogen-bond acceptors (Lipinski definition) is 5. The molecule has 1 unspecified atom stereocenters. The summed E-state index contributed by atoms with van der Waals surface area (Å²) in [4.78, 5) is 9.34. The first-order valence-electron chi connectivity index (χ1n) is 2.75. The zero-order chi connectivity index (χ0) is 8.69. The predicted octanol–water partition coefficient (Wildman–Crippen LogP) is -3.26. The van der Waals surface area contributed by atoms with Crippen molar-refractivity contribution < 1.29 is 20.1 Å². The molecule has 0 aromatic carbocycles. The molecule has 1 rings (SSSR count). The Morgan fingerprint density at radius 3 is 2.55 bits per heavy atom. The van der Waals surface area contributed by atoms with Gasteiger partial charge in [0.1, 0.15) is 5.10 Å². The van der Waals surface area contributed by atoms with E-state index in [1.165, 1.54) is 6.33 Å². The van der Waals surface area contributed by atoms with Gasteiger partial charge in [0.25, 0.3) is 6.33 Å². The Labute approximate surface area is 62.1 Å². The highest BCUT2D eigenvalue weighted by atomic mass is 16.4. The zero-order valence-electron chi connectivity index (χ0n) is 5.81. The third kappa shape index (κ3) is 6.38. The molecule has 1 aromatic heterocycles. The maximum atomic E-state index is 9.34. The van der Waals surface area contributed by atoms with Gasteiger partial charge in [0, 0.05) is 0 Å². The van der Waals surface area contributed by atoms with Crippen molar-refractivity contribution >= 4 is 5.97 Å². The number of aromatic amines is 2. The van der Waals surface area contributed by atoms with Crippen LogP contribution in [0, 0.1) is 0 Å². The summed E-state index contributed by atoms with van der Waals surface area (Å²) in [6, 6.07) is 0. The molecule has 62 valence electrons. The molecule has 0 fully saturated rings. The summed E-state index contributed by atoms with van der Waals surface area (Å²) in [5.74, 6) is -1.44. The Morgan fingerprint density at radius 1 is 1.91 bits per heavy atom. The average Bonchev–Trinajstić information content (AvgIpc) is 2.41. The van der Waals surface area contributed by atoms with E-state index in [-0.39, 0.29) is 0 Å². The minimum Gasteiger partial charge on any atom is -0.547 e. The topological polar surface area (TPSA) is 116 Å². The number of carboxylic acids is 1. The predicted molar refractivity (Wildman–Crippen MR) is 29.6 cm³/mol. The molecular weight excluding hydrogens is 152 g/mol. The molecule has 3 N–H and O–H groups in total. The maximum absolute atomic E-state index is 9.34. The molecule has 0 radical (unpaired) electrons. The van der Waals surface area contributed by atoms with Crippen LogP contribution >= 0.6 is 0 Å². The zero-order valence-corrected chi connectivity index (χ0v) is 5.81. The van der Waals surface area contributed by atoms with Crippen LogP contribution < -0.4 is 10.2 Å². The second-order valence-corrected chi connectivity index (χ2v) is 1.60. The van der Waals surface area contributed by atoms with E-state index in [0.717, 1.165) is 6.92 Å². The average molecular weight is 160 g/mol. The van der Waals surface area contributed by atoms with Crippen LogP contribution in [0.15, 0.2) is 6.33 Å². The van der Waals surface area contributed by atoms with Crippen molar-refractivity contribution in [1.29, 1.82) is 0 Å². The van der Waals surface area contributed by atoms with Gasteiger partial charge >= 0.3 is 0 Å². The van der Waals surface area contributed by atoms with Crippen LogP contribution in [0.2, 0.25) is 0 Å². The smallest absolute Gasteiger partial charge is 0.286 e. The Kier molecular flexibility index (Phi) is 4.58. The summed E-state index contributed by atoms with van der Waals surface area (Å²) in [5.41, 5.74) is 0. The number of carbonyl (C=O) groups excluding carboxylic acids is 1. The molecule has 0 bridgehead atoms. The fourth-order valence-electron chi connectivity index (χ4n) is 0.144. The standard InChI is InChI=1S/C3H6O3.CH2N4/c1-2(4)3(5)6;1-2-4-5-3-1/h2,4H,1H3,(H,5,6);1H,(H,2,3,4,5). The number of aliphatic carboxylic acids is 1. The number of hydrogen-bond donors (Lipinski definition) is 2. The van der Waals surface area contributed by atoms with Gasteiger partial charge < -0.3 is 15.0 Å². The molecule has 0 aliphatic carbocycles. The van der Waals surface area contributed by atoms with Crippen molar-refractivity contribution in [3.05, 3.63) is 6.33 Å². The molecular formula is C4H8N4O3. The lowest BCUT2D eigenvalue weighted by Crippen LogP contribution is -2.32. The molecule has 0 aliphatic heterocycles. The highest BCUT2D eigenvalue weighted by Crippen LogP contribution is 1.69. The Bertz CT molecular complexity index is 168. The van der Waals surface area contributed by atoms with E-state index in [1.54, 1.807) is 0 Å². The fraction of sp³-hybridized carbons (Fsp3) is 0.500. The van der Waals surface area contributed by atoms with Crippen LogP contribution in [0.1, 0.15) is 6.92 Å². The lowest BCUT2D eigenvalue weighted by atomic mass is 10.4. The van der Waals surface area contributed by atoms with Gasteiger partial charge in [-0.3, -0.25) is 0 Å². The van der Waals surface area contributed by atoms with Crippen LogP contribution in [0.25, 0.3) is 0 Å². The quantitative estimate of drug-likeness (QED) is 0.447. The van der Waals surface area contributed by atoms with E-state index in [0.29, 0.717) is 0 Å². The first-order chi connectivity index (χ1) is 5.14. The number of aliphatic hydroxyl groups excluding tert-OH is 1. The van der Waals surface area contributed by atoms with Crippen LogP contribution in [0.5, 0.6) is 0 Å². The van der Waals surface area contributed by atoms with Crippen molar-refractivity contribution in [1.82, 2.24) is 15.5 Å². The van der Waals surface area contributed by atoms with E-state index in [1.807, 2.05) is 0 Å². The lowest BCUT2D eigenvalue weighted by Gasteiger charge is -2.00. The molecule has 0 saturated carbocycles. The van der Waals surface area contributed by atoms with Crippen molar-refractivity contribution in [3.63, 3.8) is 0 Å². The maximum Gasteiger partial charge on any atom is 0.286 e. The molecule has 0 saturated heterocycles. The molecule has 0 amide bonds. The van der Waals surface area contributed by atoms with Crippen molar-refractivity contribution in [2.45, 2.75) is 13.0 Å². The number of carboxylic acid groups (broad SMARTS) is 1. The normalized spacial score (nSPS) is 11.1. The Balaban J connectivity index is 0.000000183. The first-order valence-corrected chi connectivity index (χ1v) is 2.75. The van der Waals surface area contributed by atoms with Crippen LogP contribution in [-0.4, -0.2) is 32.7 Å². The van der Waals surface area contributed by atoms with Gasteiger partial charge in [0.05, 0.1) is 12.1 Å². The number of aliphatic hydroxyl groups is 1. The van der Waals surface area contributed by atoms with Crippen molar-refractivity contribution in [2.75, 3.05) is 0 Å². The van der Waals surface area contributed by atoms with Crippen molar-refractivity contribution in [3.8, 4) is 0 Å². The molecule has 0 aliphatic rings. The second-order valence-electron chi connectivity index (χ2n) is 1.60. The summed E-state index contributed by atoms with van der Waals surface area (Å²) in [6.07, 6.45) is 0.116. The number of nitrogens with zero attached hydrogens (tertiary/aromatic N) is 2. The van der Waals surface area contributed by atoms with E-state index >= 15 is 0 Å². The highest BCUT2D eigenvalue weighted by Gasteiger charge is 1.89. The van der Waals surface area contributed by atoms with E-state index < -0.39 is 12.1 Å². The molecule has 0 spiro atoms. The summed E-state index contributed by atoms with van der Waals surface area (Å²) < 4.78 is 0. The fourth-order valence-corrected chi connectivity index (χ4v) is 0.144. The lowest BCUT2D eigenvalue weighted by molar-refractivity contribution is -0.456. The molecule has 7 nitrogen and oxygen atoms in total. The van der Waals surface area contributed by atoms with E-state index in [4.69, 9.17) is 5.11 Å². The molecule has 1 heterocycles. The van der Waals surface area contributed by atoms with Gasteiger partial charge in [-0.2, -0.15) is 5.10 Å². The number of tetrazole rings is 1. The van der Waals surface area contributed by atoms with E-state index in [2.05, 4.69) is 20.6 Å². The van der Waals surface area contributed by atoms with Gasteiger partial charge in [-0.1, -0.05) is 5.21 Å². The molecule has 11 heavy (non-hydrogen) atoms. The number of nitrogens with one attached hydrogen (secondary N) is 2. The Hall–Kier alpha value is -1.50. The van der Waals surface area contributed by atoms with Gasteiger partial charge in [-0.05, 0) is 6.92 Å². The molecule has 1 aromatic rings. The third-order valence-electron chi connectivity index (χ3n) is 0.636. The number of H-pyrrole nitrogens is 2. The minimum absolute atomic E-state index is 1.13. The van der Waals surface area contributed by atoms with E-state index in [9.17, 15) is 9.90 Å². The minimum atomic E-state index is -1.44. The van der Waals surface area contributed by atoms with Gasteiger partial charge in [0.2, 0.25) is 0 Å². The summed E-state index contributed by atoms with van der Waals surface area (Å²) >= 11 is 0. The Morgan fingerprint density at radius 2 is 2.45 bits per heavy atom.